The van der Waals surface area contributed by atoms with Crippen molar-refractivity contribution in [3.8, 4) is 0 Å². The third-order valence-corrected chi connectivity index (χ3v) is 3.03. The van der Waals surface area contributed by atoms with Gasteiger partial charge in [-0.05, 0) is 68.4 Å². The van der Waals surface area contributed by atoms with Crippen LogP contribution in [0.5, 0.6) is 0 Å². The minimum Gasteiger partial charge on any atom is -0.399 e. The second kappa shape index (κ2) is 9.80. The maximum atomic E-state index is 5.61. The number of anilines is 2. The quantitative estimate of drug-likeness (QED) is 0.631. The topological polar surface area (TPSA) is 90.1 Å². The largest absolute Gasteiger partial charge is 0.399 e. The van der Waals surface area contributed by atoms with Gasteiger partial charge < -0.3 is 22.5 Å². The van der Waals surface area contributed by atoms with Gasteiger partial charge in [-0.25, -0.2) is 0 Å². The first-order valence-electron chi connectivity index (χ1n) is 7.19. The Morgan fingerprint density at radius 1 is 0.857 bits per heavy atom. The molecule has 0 saturated carbocycles. The van der Waals surface area contributed by atoms with Crippen LogP contribution >= 0.6 is 0 Å². The number of nitrogen functional groups attached to an aromatic ring is 2. The fraction of sp³-hybridized carbons (Fsp3) is 0.294. The van der Waals surface area contributed by atoms with Crippen molar-refractivity contribution in [2.45, 2.75) is 12.8 Å². The van der Waals surface area contributed by atoms with E-state index >= 15 is 0 Å². The number of hydrogen-bond acceptors (Lipinski definition) is 4. The van der Waals surface area contributed by atoms with E-state index in [1.165, 1.54) is 11.1 Å². The lowest BCUT2D eigenvalue weighted by molar-refractivity contribution is 0.792. The molecule has 2 aromatic carbocycles. The van der Waals surface area contributed by atoms with E-state index in [9.17, 15) is 0 Å². The van der Waals surface area contributed by atoms with E-state index in [1.54, 1.807) is 0 Å². The van der Waals surface area contributed by atoms with Gasteiger partial charge in [-0.15, -0.1) is 0 Å². The fourth-order valence-electron chi connectivity index (χ4n) is 1.87. The minimum absolute atomic E-state index is 0.698. The summed E-state index contributed by atoms with van der Waals surface area (Å²) in [5.41, 5.74) is 20.7. The van der Waals surface area contributed by atoms with Gasteiger partial charge >= 0.3 is 0 Å². The summed E-state index contributed by atoms with van der Waals surface area (Å²) in [6, 6.07) is 15.8. The van der Waals surface area contributed by atoms with E-state index in [0.29, 0.717) is 6.54 Å². The summed E-state index contributed by atoms with van der Waals surface area (Å²) >= 11 is 0. The van der Waals surface area contributed by atoms with Crippen LogP contribution in [-0.2, 0) is 12.8 Å². The molecule has 0 aromatic heterocycles. The van der Waals surface area contributed by atoms with Crippen LogP contribution in [0.1, 0.15) is 11.1 Å². The number of hydrogen-bond donors (Lipinski definition) is 4. The maximum Gasteiger partial charge on any atom is 0.0316 e. The van der Waals surface area contributed by atoms with E-state index < -0.39 is 0 Å². The zero-order chi connectivity index (χ0) is 15.5. The lowest BCUT2D eigenvalue weighted by Gasteiger charge is -2.00. The molecular formula is C17H26N4. The van der Waals surface area contributed by atoms with E-state index in [2.05, 4.69) is 11.4 Å². The molecule has 0 radical (unpaired) electrons. The summed E-state index contributed by atoms with van der Waals surface area (Å²) in [7, 11) is 1.95. The monoisotopic (exact) mass is 286 g/mol. The molecule has 0 amide bonds. The number of rotatable bonds is 5. The molecule has 21 heavy (non-hydrogen) atoms. The third-order valence-electron chi connectivity index (χ3n) is 3.03. The molecule has 0 aliphatic rings. The fourth-order valence-corrected chi connectivity index (χ4v) is 1.87. The molecule has 0 aliphatic carbocycles. The molecule has 0 spiro atoms. The first-order valence-corrected chi connectivity index (χ1v) is 7.19. The summed E-state index contributed by atoms with van der Waals surface area (Å²) in [6.07, 6.45) is 1.97. The summed E-state index contributed by atoms with van der Waals surface area (Å²) in [5.74, 6) is 0. The zero-order valence-electron chi connectivity index (χ0n) is 12.7. The van der Waals surface area contributed by atoms with Crippen molar-refractivity contribution >= 4 is 11.4 Å². The van der Waals surface area contributed by atoms with Crippen LogP contribution in [0.2, 0.25) is 0 Å². The Bertz CT molecular complexity index is 508. The molecule has 0 bridgehead atoms. The van der Waals surface area contributed by atoms with Gasteiger partial charge in [-0.1, -0.05) is 24.3 Å². The Labute approximate surface area is 127 Å². The van der Waals surface area contributed by atoms with Gasteiger partial charge in [0, 0.05) is 11.4 Å². The van der Waals surface area contributed by atoms with Crippen molar-refractivity contribution in [2.75, 3.05) is 31.6 Å². The molecule has 4 heteroatoms. The smallest absolute Gasteiger partial charge is 0.0316 e. The Morgan fingerprint density at radius 3 is 2.14 bits per heavy atom. The van der Waals surface area contributed by atoms with Gasteiger partial charge in [-0.2, -0.15) is 0 Å². The van der Waals surface area contributed by atoms with Crippen LogP contribution in [0, 0.1) is 0 Å². The Kier molecular flexibility index (Phi) is 7.94. The highest BCUT2D eigenvalue weighted by Crippen LogP contribution is 2.06. The molecule has 4 nitrogen and oxygen atoms in total. The maximum absolute atomic E-state index is 5.61. The highest BCUT2D eigenvalue weighted by Gasteiger charge is 1.91. The number of likely N-dealkylation sites (N-methyl/N-ethyl adjacent to an activating group) is 1. The van der Waals surface area contributed by atoms with E-state index in [4.69, 9.17) is 17.2 Å². The summed E-state index contributed by atoms with van der Waals surface area (Å²) < 4.78 is 0. The number of benzene rings is 2. The van der Waals surface area contributed by atoms with Crippen molar-refractivity contribution in [2.24, 2.45) is 5.73 Å². The Balaban J connectivity index is 0.000000211. The molecule has 2 aromatic rings. The van der Waals surface area contributed by atoms with Gasteiger partial charge in [0.2, 0.25) is 0 Å². The number of nitrogens with two attached hydrogens (primary N) is 3. The molecule has 7 N–H and O–H groups in total. The molecule has 0 saturated heterocycles. The van der Waals surface area contributed by atoms with Crippen molar-refractivity contribution in [3.05, 3.63) is 59.7 Å². The van der Waals surface area contributed by atoms with Crippen molar-refractivity contribution in [3.63, 3.8) is 0 Å². The van der Waals surface area contributed by atoms with Crippen LogP contribution in [-0.4, -0.2) is 20.1 Å². The average molecular weight is 286 g/mol. The van der Waals surface area contributed by atoms with Gasteiger partial charge in [0.05, 0.1) is 0 Å². The molecular weight excluding hydrogens is 260 g/mol. The van der Waals surface area contributed by atoms with Crippen LogP contribution < -0.4 is 22.5 Å². The molecule has 0 fully saturated rings. The molecule has 114 valence electrons. The zero-order valence-corrected chi connectivity index (χ0v) is 12.7. The second-order valence-electron chi connectivity index (χ2n) is 4.88. The van der Waals surface area contributed by atoms with Gasteiger partial charge in [0.25, 0.3) is 0 Å². The van der Waals surface area contributed by atoms with Crippen molar-refractivity contribution in [1.82, 2.24) is 5.32 Å². The summed E-state index contributed by atoms with van der Waals surface area (Å²) in [5, 5.41) is 3.09. The van der Waals surface area contributed by atoms with Crippen LogP contribution in [0.4, 0.5) is 11.4 Å². The lowest BCUT2D eigenvalue weighted by Crippen LogP contribution is -2.10. The SMILES string of the molecule is CNCCc1cccc(N)c1.NCCc1ccc(N)cc1. The van der Waals surface area contributed by atoms with Crippen LogP contribution in [0.15, 0.2) is 48.5 Å². The normalized spacial score (nSPS) is 9.81. The Morgan fingerprint density at radius 2 is 1.57 bits per heavy atom. The molecule has 0 unspecified atom stereocenters. The van der Waals surface area contributed by atoms with Crippen LogP contribution in [0.3, 0.4) is 0 Å². The van der Waals surface area contributed by atoms with Crippen LogP contribution in [0.25, 0.3) is 0 Å². The minimum atomic E-state index is 0.698. The van der Waals surface area contributed by atoms with Gasteiger partial charge in [0.1, 0.15) is 0 Å². The van der Waals surface area contributed by atoms with Gasteiger partial charge in [-0.3, -0.25) is 0 Å². The third kappa shape index (κ3) is 7.34. The van der Waals surface area contributed by atoms with Crippen molar-refractivity contribution in [1.29, 1.82) is 0 Å². The first kappa shape index (κ1) is 17.0. The highest BCUT2D eigenvalue weighted by atomic mass is 14.8. The Hall–Kier alpha value is -2.04. The molecule has 0 atom stereocenters. The predicted molar refractivity (Wildman–Crippen MR) is 92.1 cm³/mol. The lowest BCUT2D eigenvalue weighted by atomic mass is 10.1. The molecule has 0 aliphatic heterocycles. The van der Waals surface area contributed by atoms with E-state index in [-0.39, 0.29) is 0 Å². The average Bonchev–Trinajstić information content (AvgIpc) is 2.49. The van der Waals surface area contributed by atoms with E-state index in [1.807, 2.05) is 49.5 Å². The van der Waals surface area contributed by atoms with Gasteiger partial charge in [0.15, 0.2) is 0 Å². The number of nitrogens with one attached hydrogen (secondary N) is 1. The highest BCUT2D eigenvalue weighted by molar-refractivity contribution is 5.40. The molecule has 0 heterocycles. The standard InChI is InChI=1S/C9H14N2.C8H12N2/c1-11-6-5-8-3-2-4-9(10)7-8;9-6-5-7-1-3-8(10)4-2-7/h2-4,7,11H,5-6,10H2,1H3;1-4H,5-6,9-10H2. The van der Waals surface area contributed by atoms with E-state index in [0.717, 1.165) is 30.8 Å². The first-order chi connectivity index (χ1) is 10.2. The predicted octanol–water partition coefficient (Wildman–Crippen LogP) is 1.80. The summed E-state index contributed by atoms with van der Waals surface area (Å²) in [6.45, 7) is 1.70. The molecule has 2 rings (SSSR count). The summed E-state index contributed by atoms with van der Waals surface area (Å²) in [4.78, 5) is 0. The second-order valence-corrected chi connectivity index (χ2v) is 4.88. The van der Waals surface area contributed by atoms with Crippen molar-refractivity contribution < 1.29 is 0 Å².